The van der Waals surface area contributed by atoms with Crippen molar-refractivity contribution in [2.24, 2.45) is 0 Å². The molecule has 2 aliphatic heterocycles. The highest BCUT2D eigenvalue weighted by molar-refractivity contribution is 8.26. The largest absolute Gasteiger partial charge is 0.492 e. The molecule has 2 fully saturated rings. The molecule has 0 spiro atoms. The van der Waals surface area contributed by atoms with Crippen molar-refractivity contribution in [3.05, 3.63) is 88.6 Å². The van der Waals surface area contributed by atoms with E-state index in [4.69, 9.17) is 26.8 Å². The minimum atomic E-state index is -1.06. The number of carboxylic acid groups (broad SMARTS) is 1. The van der Waals surface area contributed by atoms with Gasteiger partial charge in [-0.2, -0.15) is 0 Å². The maximum absolute atomic E-state index is 13.5. The first-order chi connectivity index (χ1) is 21.3. The van der Waals surface area contributed by atoms with Gasteiger partial charge in [0.1, 0.15) is 22.5 Å². The molecule has 0 bridgehead atoms. The van der Waals surface area contributed by atoms with E-state index in [1.165, 1.54) is 41.3 Å². The lowest BCUT2D eigenvalue weighted by Crippen LogP contribution is -2.38. The smallest absolute Gasteiger partial charge is 0.335 e. The molecule has 0 radical (unpaired) electrons. The topological polar surface area (TPSA) is 108 Å². The summed E-state index contributed by atoms with van der Waals surface area (Å²) < 4.78 is 25.5. The zero-order valence-corrected chi connectivity index (χ0v) is 25.3. The van der Waals surface area contributed by atoms with Crippen LogP contribution in [0, 0.1) is 5.82 Å². The molecule has 2 aliphatic rings. The molecule has 2 N–H and O–H groups in total. The number of carbonyl (C=O) groups excluding carboxylic acids is 2. The summed E-state index contributed by atoms with van der Waals surface area (Å²) in [7, 11) is 0. The summed E-state index contributed by atoms with van der Waals surface area (Å²) >= 11 is 6.63. The van der Waals surface area contributed by atoms with Crippen LogP contribution in [0.25, 0.3) is 17.2 Å². The Balaban J connectivity index is 1.28. The lowest BCUT2D eigenvalue weighted by atomic mass is 10.0. The fourth-order valence-electron chi connectivity index (χ4n) is 4.69. The second kappa shape index (κ2) is 14.6. The lowest BCUT2D eigenvalue weighted by Gasteiger charge is -2.26. The maximum Gasteiger partial charge on any atom is 0.335 e. The zero-order chi connectivity index (χ0) is 31.1. The van der Waals surface area contributed by atoms with Gasteiger partial charge in [-0.1, -0.05) is 42.2 Å². The summed E-state index contributed by atoms with van der Waals surface area (Å²) in [5, 5.41) is 11.7. The van der Waals surface area contributed by atoms with Gasteiger partial charge in [-0.15, -0.1) is 0 Å². The van der Waals surface area contributed by atoms with Crippen molar-refractivity contribution in [3.8, 4) is 16.9 Å². The number of benzene rings is 3. The number of halogens is 1. The lowest BCUT2D eigenvalue weighted by molar-refractivity contribution is -0.122. The number of nitrogens with one attached hydrogen (secondary N) is 1. The van der Waals surface area contributed by atoms with Gasteiger partial charge in [-0.05, 0) is 65.7 Å². The number of rotatable bonds is 11. The predicted molar refractivity (Wildman–Crippen MR) is 171 cm³/mol. The normalized spacial score (nSPS) is 16.4. The zero-order valence-electron chi connectivity index (χ0n) is 23.7. The molecule has 3 aromatic rings. The molecular weight excluding hydrogens is 605 g/mol. The first-order valence-corrected chi connectivity index (χ1v) is 15.2. The summed E-state index contributed by atoms with van der Waals surface area (Å²) in [5.74, 6) is -1.44. The third kappa shape index (κ3) is 8.08. The summed E-state index contributed by atoms with van der Waals surface area (Å²) in [4.78, 5) is 41.0. The van der Waals surface area contributed by atoms with Crippen LogP contribution >= 0.6 is 24.0 Å². The minimum Gasteiger partial charge on any atom is -0.492 e. The van der Waals surface area contributed by atoms with E-state index in [0.29, 0.717) is 46.0 Å². The Morgan fingerprint density at radius 2 is 1.73 bits per heavy atom. The third-order valence-electron chi connectivity index (χ3n) is 7.09. The van der Waals surface area contributed by atoms with E-state index in [-0.39, 0.29) is 36.2 Å². The Kier molecular flexibility index (Phi) is 10.4. The van der Waals surface area contributed by atoms with E-state index >= 15 is 0 Å². The number of hydrogen-bond donors (Lipinski definition) is 2. The highest BCUT2D eigenvalue weighted by Crippen LogP contribution is 2.36. The van der Waals surface area contributed by atoms with Crippen LogP contribution in [-0.2, 0) is 14.3 Å². The monoisotopic (exact) mass is 635 g/mol. The van der Waals surface area contributed by atoms with Gasteiger partial charge in [0.15, 0.2) is 0 Å². The van der Waals surface area contributed by atoms with Gasteiger partial charge in [0.2, 0.25) is 5.91 Å². The molecule has 2 heterocycles. The Bertz CT molecular complexity index is 1570. The first kappa shape index (κ1) is 31.3. The van der Waals surface area contributed by atoms with Gasteiger partial charge in [-0.3, -0.25) is 19.4 Å². The van der Waals surface area contributed by atoms with E-state index in [9.17, 15) is 18.8 Å². The molecule has 3 aromatic carbocycles. The van der Waals surface area contributed by atoms with E-state index in [1.54, 1.807) is 18.2 Å². The molecule has 44 heavy (non-hydrogen) atoms. The highest BCUT2D eigenvalue weighted by atomic mass is 32.2. The van der Waals surface area contributed by atoms with E-state index in [2.05, 4.69) is 10.2 Å². The van der Waals surface area contributed by atoms with E-state index in [1.807, 2.05) is 18.2 Å². The second-order valence-electron chi connectivity index (χ2n) is 10.1. The number of aromatic carboxylic acids is 1. The molecule has 0 saturated carbocycles. The molecule has 2 saturated heterocycles. The van der Waals surface area contributed by atoms with Gasteiger partial charge >= 0.3 is 5.97 Å². The summed E-state index contributed by atoms with van der Waals surface area (Å²) in [6, 6.07) is 17.6. The first-order valence-electron chi connectivity index (χ1n) is 14.0. The number of anilines is 1. The predicted octanol–water partition coefficient (Wildman–Crippen LogP) is 5.13. The number of carbonyl (C=O) groups is 3. The number of nitrogens with zero attached hydrogens (tertiary/aromatic N) is 2. The van der Waals surface area contributed by atoms with Crippen LogP contribution in [-0.4, -0.2) is 83.0 Å². The van der Waals surface area contributed by atoms with Gasteiger partial charge in [0.25, 0.3) is 5.91 Å². The average molecular weight is 636 g/mol. The number of morpholine rings is 1. The Hall–Kier alpha value is -4.10. The number of carboxylic acids is 1. The van der Waals surface area contributed by atoms with Crippen molar-refractivity contribution >= 4 is 57.8 Å². The molecular formula is C32H30FN3O6S2. The van der Waals surface area contributed by atoms with Crippen molar-refractivity contribution in [2.45, 2.75) is 6.42 Å². The van der Waals surface area contributed by atoms with Gasteiger partial charge in [-0.25, -0.2) is 9.18 Å². The van der Waals surface area contributed by atoms with Gasteiger partial charge in [0, 0.05) is 43.9 Å². The molecule has 228 valence electrons. The quantitative estimate of drug-likeness (QED) is 0.219. The molecule has 2 amide bonds. The Morgan fingerprint density at radius 1 is 1.02 bits per heavy atom. The fourth-order valence-corrected chi connectivity index (χ4v) is 5.99. The van der Waals surface area contributed by atoms with Gasteiger partial charge < -0.3 is 19.9 Å². The molecule has 9 nitrogen and oxygen atoms in total. The molecule has 0 unspecified atom stereocenters. The van der Waals surface area contributed by atoms with Crippen molar-refractivity contribution in [2.75, 3.05) is 51.3 Å². The summed E-state index contributed by atoms with van der Waals surface area (Å²) in [6.07, 6.45) is 1.73. The van der Waals surface area contributed by atoms with Crippen molar-refractivity contribution in [1.29, 1.82) is 0 Å². The molecule has 12 heteroatoms. The van der Waals surface area contributed by atoms with E-state index < -0.39 is 5.97 Å². The number of hydrogen-bond acceptors (Lipinski definition) is 8. The van der Waals surface area contributed by atoms with Gasteiger partial charge in [0.05, 0.1) is 23.7 Å². The summed E-state index contributed by atoms with van der Waals surface area (Å²) in [6.45, 7) is 4.35. The minimum absolute atomic E-state index is 0.00362. The standard InChI is InChI=1S/C32H30FN3O6S2/c33-25-6-1-21(2-7-25)23-5-10-27(42-18-15-35-13-16-41-17-14-35)24(19-23)20-28-30(38)36(32(43)44-28)12-11-29(37)34-26-8-3-22(4-9-26)31(39)40/h1-10,19-20H,11-18H2,(H,34,37)(H,39,40)/b28-20-. The Labute approximate surface area is 263 Å². The number of ether oxygens (including phenoxy) is 2. The van der Waals surface area contributed by atoms with Crippen molar-refractivity contribution < 1.29 is 33.4 Å². The Morgan fingerprint density at radius 3 is 2.43 bits per heavy atom. The van der Waals surface area contributed by atoms with Crippen LogP contribution in [0.5, 0.6) is 5.75 Å². The molecule has 0 aromatic heterocycles. The van der Waals surface area contributed by atoms with Crippen LogP contribution in [0.1, 0.15) is 22.3 Å². The van der Waals surface area contributed by atoms with Crippen LogP contribution < -0.4 is 10.1 Å². The van der Waals surface area contributed by atoms with Crippen LogP contribution in [0.2, 0.25) is 0 Å². The maximum atomic E-state index is 13.5. The second-order valence-corrected chi connectivity index (χ2v) is 11.8. The SMILES string of the molecule is O=C(CCN1C(=O)/C(=C/c2cc(-c3ccc(F)cc3)ccc2OCCN2CCOCC2)SC1=S)Nc1ccc(C(=O)O)cc1. The van der Waals surface area contributed by atoms with E-state index in [0.717, 1.165) is 42.5 Å². The molecule has 5 rings (SSSR count). The molecule has 0 atom stereocenters. The van der Waals surface area contributed by atoms with Crippen LogP contribution in [0.3, 0.4) is 0 Å². The molecule has 0 aliphatic carbocycles. The van der Waals surface area contributed by atoms with Crippen molar-refractivity contribution in [3.63, 3.8) is 0 Å². The third-order valence-corrected chi connectivity index (χ3v) is 8.47. The fraction of sp³-hybridized carbons (Fsp3) is 0.250. The average Bonchev–Trinajstić information content (AvgIpc) is 3.29. The number of thiocarbonyl (C=S) groups is 1. The van der Waals surface area contributed by atoms with Crippen molar-refractivity contribution in [1.82, 2.24) is 9.80 Å². The van der Waals surface area contributed by atoms with Crippen LogP contribution in [0.4, 0.5) is 10.1 Å². The summed E-state index contributed by atoms with van der Waals surface area (Å²) in [5.41, 5.74) is 2.89. The number of thioether (sulfide) groups is 1. The highest BCUT2D eigenvalue weighted by Gasteiger charge is 2.32. The number of amides is 2. The van der Waals surface area contributed by atoms with Crippen LogP contribution in [0.15, 0.2) is 71.6 Å².